The Balaban J connectivity index is 0.000000201. The van der Waals surface area contributed by atoms with Crippen molar-refractivity contribution in [3.05, 3.63) is 181 Å². The largest absolute Gasteiger partial charge is 0.480 e. The SMILES string of the molecule is CC(=O)O[C@H]1CO[C@@H]2C(OC(=O)C(Cc3ccc(-c4c(C)n(C)c(=O)n(C)c4=O)cc3)NC(=O)c3c(C)cccc3Cl)CO[C@H]12.CC(=O)O[C@H]1CO[C@H]2[C@@H]1OC[C@H]2O.Cc1cccc(Cl)c1C(=O)NC(Cc1ccc(-c2c(C)n(C)c(=O)n(C)c2=O)cc1)C(=O)O. The number of hydrogen-bond acceptors (Lipinski definition) is 18. The Labute approximate surface area is 531 Å². The van der Waals surface area contributed by atoms with Crippen LogP contribution in [0.5, 0.6) is 0 Å². The number of halogens is 2. The van der Waals surface area contributed by atoms with Gasteiger partial charge in [-0.3, -0.25) is 37.9 Å². The van der Waals surface area contributed by atoms with Gasteiger partial charge in [-0.15, -0.1) is 0 Å². The van der Waals surface area contributed by atoms with Crippen LogP contribution < -0.4 is 33.1 Å². The van der Waals surface area contributed by atoms with Crippen LogP contribution in [-0.2, 0) is 93.4 Å². The summed E-state index contributed by atoms with van der Waals surface area (Å²) in [6.07, 6.45) is -4.09. The predicted octanol–water partition coefficient (Wildman–Crippen LogP) is 3.53. The van der Waals surface area contributed by atoms with Crippen LogP contribution in [0, 0.1) is 27.7 Å². The third-order valence-electron chi connectivity index (χ3n) is 16.2. The van der Waals surface area contributed by atoms with Crippen LogP contribution in [0.4, 0.5) is 0 Å². The summed E-state index contributed by atoms with van der Waals surface area (Å²) >= 11 is 12.5. The van der Waals surface area contributed by atoms with Crippen molar-refractivity contribution >= 4 is 58.9 Å². The van der Waals surface area contributed by atoms with Crippen LogP contribution in [0.15, 0.2) is 104 Å². The molecule has 4 N–H and O–H groups in total. The van der Waals surface area contributed by atoms with Crippen molar-refractivity contribution < 1.29 is 72.1 Å². The number of amides is 2. The van der Waals surface area contributed by atoms with E-state index in [1.54, 1.807) is 127 Å². The quantitative estimate of drug-likeness (QED) is 0.0844. The van der Waals surface area contributed by atoms with E-state index >= 15 is 0 Å². The maximum atomic E-state index is 13.6. The summed E-state index contributed by atoms with van der Waals surface area (Å²) in [5, 5.41) is 24.8. The summed E-state index contributed by atoms with van der Waals surface area (Å²) in [7, 11) is 6.03. The molecule has 2 aromatic heterocycles. The summed E-state index contributed by atoms with van der Waals surface area (Å²) in [4.78, 5) is 124. The minimum Gasteiger partial charge on any atom is -0.480 e. The number of carbonyl (C=O) groups excluding carboxylic acids is 5. The Hall–Kier alpha value is -8.56. The van der Waals surface area contributed by atoms with E-state index in [9.17, 15) is 58.2 Å². The number of aliphatic hydroxyl groups is 1. The summed E-state index contributed by atoms with van der Waals surface area (Å²) in [5.41, 5.74) is 4.43. The molecule has 6 heterocycles. The molecule has 0 bridgehead atoms. The van der Waals surface area contributed by atoms with Crippen molar-refractivity contribution in [2.45, 2.75) is 115 Å². The molecule has 6 aromatic rings. The standard InChI is InChI=1S/C32H34ClN3O9.C24H24ClN3O5.C8H12O5/c1-16-7-6-8-21(33)25(16)29(38)34-22(31(40)45-24-15-43-27-23(44-18(3)37)14-42-28(24)27)13-19-9-11-20(12-10-19)26-17(2)35(4)32(41)36(5)30(26)39;1-13-6-5-7-17(25)19(13)21(29)26-18(23(31)32)12-15-8-10-16(11-9-15)20-14(2)27(3)24(33)28(4)22(20)30;1-4(9)13-6-3-12-7-5(10)2-11-8(6)7/h6-12,22-24,27-28H,13-15H2,1-5H3,(H,34,38);5-11,18H,12H2,1-4H3,(H,26,29)(H,31,32);5-8,10H,2-3H2,1H3/t22?,23-,24?,27+,28+;;5-,6+,7-,8-/m0.1/s1. The number of rotatable bonds is 15. The molecule has 91 heavy (non-hydrogen) atoms. The zero-order chi connectivity index (χ0) is 66.4. The highest BCUT2D eigenvalue weighted by molar-refractivity contribution is 6.34. The van der Waals surface area contributed by atoms with Crippen LogP contribution in [0.1, 0.15) is 68.2 Å². The minimum absolute atomic E-state index is 0.0334. The zero-order valence-electron chi connectivity index (χ0n) is 51.5. The Morgan fingerprint density at radius 2 is 0.890 bits per heavy atom. The molecule has 10 atom stereocenters. The number of aryl methyl sites for hydroxylation is 2. The third-order valence-corrected chi connectivity index (χ3v) is 16.8. The normalized spacial score (nSPS) is 20.9. The molecule has 4 fully saturated rings. The molecule has 0 spiro atoms. The van der Waals surface area contributed by atoms with Gasteiger partial charge in [0.2, 0.25) is 0 Å². The van der Waals surface area contributed by atoms with Crippen molar-refractivity contribution in [1.82, 2.24) is 28.9 Å². The number of benzene rings is 4. The molecule has 4 saturated heterocycles. The second kappa shape index (κ2) is 29.2. The van der Waals surface area contributed by atoms with Crippen molar-refractivity contribution in [1.29, 1.82) is 0 Å². The van der Waals surface area contributed by atoms with Gasteiger partial charge >= 0.3 is 35.3 Å². The number of hydrogen-bond donors (Lipinski definition) is 4. The van der Waals surface area contributed by atoms with E-state index in [4.69, 9.17) is 56.4 Å². The predicted molar refractivity (Wildman–Crippen MR) is 330 cm³/mol. The van der Waals surface area contributed by atoms with Crippen LogP contribution in [0.25, 0.3) is 22.3 Å². The van der Waals surface area contributed by atoms with E-state index < -0.39 is 94.8 Å². The maximum Gasteiger partial charge on any atom is 0.330 e. The molecular formula is C64H70Cl2N6O19. The van der Waals surface area contributed by atoms with Crippen LogP contribution in [0.2, 0.25) is 10.0 Å². The maximum absolute atomic E-state index is 13.6. The topological polar surface area (TPSA) is 320 Å². The number of esters is 3. The molecule has 4 aliphatic heterocycles. The summed E-state index contributed by atoms with van der Waals surface area (Å²) in [6.45, 7) is 10.2. The van der Waals surface area contributed by atoms with Gasteiger partial charge in [-0.25, -0.2) is 19.2 Å². The molecule has 4 aliphatic rings. The number of aromatic nitrogens is 4. The Kier molecular flexibility index (Phi) is 21.9. The lowest BCUT2D eigenvalue weighted by atomic mass is 9.99. The fourth-order valence-electron chi connectivity index (χ4n) is 11.2. The first kappa shape index (κ1) is 68.4. The Morgan fingerprint density at radius 3 is 1.29 bits per heavy atom. The molecule has 25 nitrogen and oxygen atoms in total. The van der Waals surface area contributed by atoms with Gasteiger partial charge in [0.05, 0.1) is 58.7 Å². The smallest absolute Gasteiger partial charge is 0.330 e. The van der Waals surface area contributed by atoms with Gasteiger partial charge in [0.25, 0.3) is 22.9 Å². The lowest BCUT2D eigenvalue weighted by Crippen LogP contribution is -2.46. The van der Waals surface area contributed by atoms with Gasteiger partial charge in [-0.05, 0) is 73.2 Å². The average Bonchev–Trinajstić information content (AvgIpc) is 1.90. The summed E-state index contributed by atoms with van der Waals surface area (Å²) < 4.78 is 43.0. The first-order valence-corrected chi connectivity index (χ1v) is 29.6. The molecule has 4 aromatic carbocycles. The molecule has 27 heteroatoms. The average molecular weight is 1300 g/mol. The fourth-order valence-corrected chi connectivity index (χ4v) is 11.8. The van der Waals surface area contributed by atoms with Crippen LogP contribution >= 0.6 is 23.2 Å². The minimum atomic E-state index is -1.18. The second-order valence-electron chi connectivity index (χ2n) is 22.4. The summed E-state index contributed by atoms with van der Waals surface area (Å²) in [6, 6.07) is 21.5. The first-order valence-electron chi connectivity index (χ1n) is 28.8. The van der Waals surface area contributed by atoms with E-state index in [0.29, 0.717) is 62.5 Å². The van der Waals surface area contributed by atoms with E-state index in [2.05, 4.69) is 10.6 Å². The first-order chi connectivity index (χ1) is 43.1. The third kappa shape index (κ3) is 15.3. The second-order valence-corrected chi connectivity index (χ2v) is 23.2. The Bertz CT molecular complexity index is 3990. The number of nitrogens with one attached hydrogen (secondary N) is 2. The lowest BCUT2D eigenvalue weighted by Gasteiger charge is -2.23. The molecule has 10 rings (SSSR count). The number of carbonyl (C=O) groups is 6. The number of carboxylic acid groups (broad SMARTS) is 1. The van der Waals surface area contributed by atoms with Gasteiger partial charge in [-0.2, -0.15) is 0 Å². The molecular weight excluding hydrogens is 1230 g/mol. The highest BCUT2D eigenvalue weighted by atomic mass is 35.5. The summed E-state index contributed by atoms with van der Waals surface area (Å²) in [5.74, 6) is -3.82. The number of fused-ring (bicyclic) bond motifs is 2. The van der Waals surface area contributed by atoms with E-state index in [1.165, 1.54) is 37.1 Å². The number of aliphatic hydroxyl groups excluding tert-OH is 1. The monoisotopic (exact) mass is 1300 g/mol. The highest BCUT2D eigenvalue weighted by Gasteiger charge is 2.52. The van der Waals surface area contributed by atoms with Crippen molar-refractivity contribution in [2.75, 3.05) is 26.4 Å². The number of nitrogens with zero attached hydrogens (tertiary/aromatic N) is 4. The fraction of sp³-hybridized carbons (Fsp3) is 0.406. The van der Waals surface area contributed by atoms with Crippen molar-refractivity contribution in [3.8, 4) is 22.3 Å². The molecule has 484 valence electrons. The highest BCUT2D eigenvalue weighted by Crippen LogP contribution is 2.32. The zero-order valence-corrected chi connectivity index (χ0v) is 53.0. The molecule has 0 aliphatic carbocycles. The van der Waals surface area contributed by atoms with Gasteiger partial charge in [-0.1, -0.05) is 96.0 Å². The van der Waals surface area contributed by atoms with Gasteiger partial charge in [0.15, 0.2) is 18.3 Å². The lowest BCUT2D eigenvalue weighted by molar-refractivity contribution is -0.156. The van der Waals surface area contributed by atoms with Crippen LogP contribution in [0.3, 0.4) is 0 Å². The van der Waals surface area contributed by atoms with Gasteiger partial charge < -0.3 is 63.1 Å². The van der Waals surface area contributed by atoms with Crippen LogP contribution in [-0.4, -0.2) is 152 Å². The van der Waals surface area contributed by atoms with Gasteiger partial charge in [0, 0.05) is 66.3 Å². The van der Waals surface area contributed by atoms with E-state index in [-0.39, 0.29) is 78.1 Å². The van der Waals surface area contributed by atoms with Gasteiger partial charge in [0.1, 0.15) is 42.6 Å². The number of carboxylic acids is 1. The van der Waals surface area contributed by atoms with E-state index in [0.717, 1.165) is 9.13 Å². The molecule has 0 radical (unpaired) electrons. The molecule has 2 amide bonds. The number of ether oxygens (including phenoxy) is 7. The Morgan fingerprint density at radius 1 is 0.527 bits per heavy atom. The van der Waals surface area contributed by atoms with Crippen molar-refractivity contribution in [2.24, 2.45) is 28.2 Å². The van der Waals surface area contributed by atoms with Crippen molar-refractivity contribution in [3.63, 3.8) is 0 Å². The number of aliphatic carboxylic acids is 1. The van der Waals surface area contributed by atoms with E-state index in [1.807, 2.05) is 0 Å². The molecule has 0 saturated carbocycles. The molecule has 3 unspecified atom stereocenters.